The number of carbonyl (C=O) groups excluding carboxylic acids is 1. The number of benzene rings is 1. The summed E-state index contributed by atoms with van der Waals surface area (Å²) in [5, 5.41) is 4.80. The SMILES string of the molecule is CO[C@@H]1CN(c2cc(C)nc3ccccc23)CC[C@@H]1NC(=O)c1[nH]c(C)c(Cl)c1Cl. The van der Waals surface area contributed by atoms with E-state index in [0.717, 1.165) is 35.2 Å². The van der Waals surface area contributed by atoms with Crippen LogP contribution in [0.4, 0.5) is 5.69 Å². The van der Waals surface area contributed by atoms with Crippen molar-refractivity contribution in [1.29, 1.82) is 0 Å². The molecule has 0 unspecified atom stereocenters. The highest BCUT2D eigenvalue weighted by molar-refractivity contribution is 6.44. The summed E-state index contributed by atoms with van der Waals surface area (Å²) in [4.78, 5) is 22.7. The standard InChI is InChI=1S/C22H24Cl2N4O2/c1-12-10-17(14-6-4-5-7-15(14)25-12)28-9-8-16(18(11-28)30-3)27-22(29)21-20(24)19(23)13(2)26-21/h4-7,10,16,18,26H,8-9,11H2,1-3H3,(H,27,29)/t16-,18+/m0/s1. The summed E-state index contributed by atoms with van der Waals surface area (Å²) in [7, 11) is 1.67. The molecule has 158 valence electrons. The van der Waals surface area contributed by atoms with Crippen molar-refractivity contribution >= 4 is 45.7 Å². The van der Waals surface area contributed by atoms with Crippen molar-refractivity contribution in [3.63, 3.8) is 0 Å². The number of nitrogens with zero attached hydrogens (tertiary/aromatic N) is 2. The summed E-state index contributed by atoms with van der Waals surface area (Å²) in [5.41, 5.74) is 4.05. The number of aryl methyl sites for hydroxylation is 2. The molecule has 0 saturated carbocycles. The van der Waals surface area contributed by atoms with E-state index in [4.69, 9.17) is 27.9 Å². The lowest BCUT2D eigenvalue weighted by molar-refractivity contribution is 0.0541. The van der Waals surface area contributed by atoms with Crippen molar-refractivity contribution in [3.8, 4) is 0 Å². The topological polar surface area (TPSA) is 70.2 Å². The number of hydrogen-bond donors (Lipinski definition) is 2. The van der Waals surface area contributed by atoms with Gasteiger partial charge in [-0.15, -0.1) is 0 Å². The van der Waals surface area contributed by atoms with Crippen molar-refractivity contribution in [1.82, 2.24) is 15.3 Å². The van der Waals surface area contributed by atoms with Gasteiger partial charge in [0, 0.05) is 42.7 Å². The number of aromatic amines is 1. The molecular weight excluding hydrogens is 423 g/mol. The number of halogens is 2. The Balaban J connectivity index is 1.54. The number of hydrogen-bond acceptors (Lipinski definition) is 4. The Hall–Kier alpha value is -2.28. The number of aromatic nitrogens is 2. The molecule has 8 heteroatoms. The molecule has 0 aliphatic carbocycles. The molecule has 1 amide bonds. The minimum absolute atomic E-state index is 0.133. The van der Waals surface area contributed by atoms with E-state index in [1.165, 1.54) is 0 Å². The normalized spacial score (nSPS) is 19.3. The van der Waals surface area contributed by atoms with Crippen LogP contribution < -0.4 is 10.2 Å². The predicted octanol–water partition coefficient (Wildman–Crippen LogP) is 4.51. The molecule has 2 N–H and O–H groups in total. The van der Waals surface area contributed by atoms with E-state index in [1.54, 1.807) is 14.0 Å². The quantitative estimate of drug-likeness (QED) is 0.618. The van der Waals surface area contributed by atoms with Crippen LogP contribution in [-0.2, 0) is 4.74 Å². The lowest BCUT2D eigenvalue weighted by Gasteiger charge is -2.39. The van der Waals surface area contributed by atoms with Gasteiger partial charge in [-0.2, -0.15) is 0 Å². The van der Waals surface area contributed by atoms with Crippen LogP contribution in [0.5, 0.6) is 0 Å². The number of para-hydroxylation sites is 1. The molecule has 1 aliphatic heterocycles. The van der Waals surface area contributed by atoms with Gasteiger partial charge in [0.25, 0.3) is 5.91 Å². The third-order valence-electron chi connectivity index (χ3n) is 5.62. The molecule has 1 saturated heterocycles. The highest BCUT2D eigenvalue weighted by Gasteiger charge is 2.32. The Labute approximate surface area is 185 Å². The molecule has 2 aromatic heterocycles. The fraction of sp³-hybridized carbons (Fsp3) is 0.364. The van der Waals surface area contributed by atoms with E-state index in [9.17, 15) is 4.79 Å². The number of H-pyrrole nitrogens is 1. The van der Waals surface area contributed by atoms with E-state index in [0.29, 0.717) is 17.3 Å². The smallest absolute Gasteiger partial charge is 0.269 e. The molecule has 1 aliphatic rings. The summed E-state index contributed by atoms with van der Waals surface area (Å²) in [6.07, 6.45) is 0.575. The molecule has 1 aromatic carbocycles. The maximum atomic E-state index is 12.8. The molecular formula is C22H24Cl2N4O2. The van der Waals surface area contributed by atoms with Crippen molar-refractivity contribution in [3.05, 3.63) is 57.5 Å². The zero-order valence-corrected chi connectivity index (χ0v) is 18.6. The van der Waals surface area contributed by atoms with Crippen LogP contribution >= 0.6 is 23.2 Å². The van der Waals surface area contributed by atoms with E-state index in [-0.39, 0.29) is 28.8 Å². The molecule has 4 rings (SSSR count). The molecule has 3 heterocycles. The molecule has 1 fully saturated rings. The van der Waals surface area contributed by atoms with Gasteiger partial charge in [0.05, 0.1) is 27.7 Å². The van der Waals surface area contributed by atoms with Crippen molar-refractivity contribution in [2.45, 2.75) is 32.4 Å². The number of nitrogens with one attached hydrogen (secondary N) is 2. The van der Waals surface area contributed by atoms with E-state index in [1.807, 2.05) is 25.1 Å². The first-order valence-electron chi connectivity index (χ1n) is 9.87. The molecule has 2 atom stereocenters. The molecule has 0 bridgehead atoms. The minimum atomic E-state index is -0.277. The number of piperidine rings is 1. The average Bonchev–Trinajstić information content (AvgIpc) is 3.00. The number of pyridine rings is 1. The van der Waals surface area contributed by atoms with E-state index >= 15 is 0 Å². The first-order chi connectivity index (χ1) is 14.4. The van der Waals surface area contributed by atoms with Crippen molar-refractivity contribution in [2.24, 2.45) is 0 Å². The number of anilines is 1. The minimum Gasteiger partial charge on any atom is -0.377 e. The van der Waals surface area contributed by atoms with Gasteiger partial charge in [-0.3, -0.25) is 9.78 Å². The first-order valence-corrected chi connectivity index (χ1v) is 10.6. The van der Waals surface area contributed by atoms with Crippen LogP contribution in [0.1, 0.15) is 28.3 Å². The van der Waals surface area contributed by atoms with Crippen LogP contribution in [0.2, 0.25) is 10.0 Å². The zero-order chi connectivity index (χ0) is 21.4. The van der Waals surface area contributed by atoms with Gasteiger partial charge in [-0.05, 0) is 32.4 Å². The second-order valence-electron chi connectivity index (χ2n) is 7.64. The van der Waals surface area contributed by atoms with Gasteiger partial charge in [-0.1, -0.05) is 41.4 Å². The maximum Gasteiger partial charge on any atom is 0.269 e. The third-order valence-corrected chi connectivity index (χ3v) is 6.57. The maximum absolute atomic E-state index is 12.8. The van der Waals surface area contributed by atoms with Gasteiger partial charge in [0.15, 0.2) is 0 Å². The van der Waals surface area contributed by atoms with Crippen LogP contribution in [0.3, 0.4) is 0 Å². The van der Waals surface area contributed by atoms with Gasteiger partial charge < -0.3 is 19.9 Å². The number of fused-ring (bicyclic) bond motifs is 1. The van der Waals surface area contributed by atoms with Crippen LogP contribution in [-0.4, -0.2) is 48.2 Å². The second kappa shape index (κ2) is 8.46. The Morgan fingerprint density at radius 1 is 1.27 bits per heavy atom. The van der Waals surface area contributed by atoms with Gasteiger partial charge in [0.1, 0.15) is 5.69 Å². The van der Waals surface area contributed by atoms with Gasteiger partial charge >= 0.3 is 0 Å². The highest BCUT2D eigenvalue weighted by atomic mass is 35.5. The summed E-state index contributed by atoms with van der Waals surface area (Å²) in [6, 6.07) is 10.1. The third kappa shape index (κ3) is 3.87. The number of carbonyl (C=O) groups is 1. The number of amides is 1. The van der Waals surface area contributed by atoms with Crippen LogP contribution in [0, 0.1) is 13.8 Å². The Morgan fingerprint density at radius 3 is 2.73 bits per heavy atom. The Bertz CT molecular complexity index is 1100. The molecule has 3 aromatic rings. The molecule has 6 nitrogen and oxygen atoms in total. The number of methoxy groups -OCH3 is 1. The van der Waals surface area contributed by atoms with Crippen molar-refractivity contribution < 1.29 is 9.53 Å². The lowest BCUT2D eigenvalue weighted by Crippen LogP contribution is -2.55. The summed E-state index contributed by atoms with van der Waals surface area (Å²) < 4.78 is 5.75. The van der Waals surface area contributed by atoms with Gasteiger partial charge in [0.2, 0.25) is 0 Å². The largest absolute Gasteiger partial charge is 0.377 e. The fourth-order valence-corrected chi connectivity index (χ4v) is 4.47. The van der Waals surface area contributed by atoms with Crippen LogP contribution in [0.15, 0.2) is 30.3 Å². The summed E-state index contributed by atoms with van der Waals surface area (Å²) >= 11 is 12.3. The summed E-state index contributed by atoms with van der Waals surface area (Å²) in [6.45, 7) is 5.23. The Kier molecular flexibility index (Phi) is 5.91. The average molecular weight is 447 g/mol. The lowest BCUT2D eigenvalue weighted by atomic mass is 9.99. The monoisotopic (exact) mass is 446 g/mol. The number of rotatable bonds is 4. The van der Waals surface area contributed by atoms with E-state index in [2.05, 4.69) is 32.3 Å². The molecule has 30 heavy (non-hydrogen) atoms. The highest BCUT2D eigenvalue weighted by Crippen LogP contribution is 2.31. The predicted molar refractivity (Wildman–Crippen MR) is 121 cm³/mol. The van der Waals surface area contributed by atoms with Crippen LogP contribution in [0.25, 0.3) is 10.9 Å². The zero-order valence-electron chi connectivity index (χ0n) is 17.1. The fourth-order valence-electron chi connectivity index (χ4n) is 4.06. The van der Waals surface area contributed by atoms with E-state index < -0.39 is 0 Å². The van der Waals surface area contributed by atoms with Crippen molar-refractivity contribution in [2.75, 3.05) is 25.1 Å². The second-order valence-corrected chi connectivity index (χ2v) is 8.40. The Morgan fingerprint density at radius 2 is 2.03 bits per heavy atom. The first kappa shape index (κ1) is 21.0. The summed E-state index contributed by atoms with van der Waals surface area (Å²) in [5.74, 6) is -0.277. The molecule has 0 radical (unpaired) electrons. The molecule has 0 spiro atoms. The number of ether oxygens (including phenoxy) is 1. The van der Waals surface area contributed by atoms with Gasteiger partial charge in [-0.25, -0.2) is 0 Å².